The second-order valence-corrected chi connectivity index (χ2v) is 6.62. The third kappa shape index (κ3) is 2.68. The molecule has 0 unspecified atom stereocenters. The van der Waals surface area contributed by atoms with E-state index in [0.29, 0.717) is 5.82 Å². The van der Waals surface area contributed by atoms with Gasteiger partial charge >= 0.3 is 0 Å². The van der Waals surface area contributed by atoms with Crippen molar-refractivity contribution in [3.05, 3.63) is 48.0 Å². The normalized spacial score (nSPS) is 15.0. The summed E-state index contributed by atoms with van der Waals surface area (Å²) in [5.74, 6) is 0.880. The molecule has 1 aliphatic rings. The van der Waals surface area contributed by atoms with Gasteiger partial charge in [-0.1, -0.05) is 43.2 Å². The van der Waals surface area contributed by atoms with Crippen LogP contribution in [0.25, 0.3) is 22.0 Å². The Morgan fingerprint density at radius 1 is 1.17 bits per heavy atom. The van der Waals surface area contributed by atoms with Crippen LogP contribution in [0.1, 0.15) is 31.2 Å². The summed E-state index contributed by atoms with van der Waals surface area (Å²) >= 11 is 0. The molecule has 2 N–H and O–H groups in total. The minimum atomic E-state index is 0.101. The van der Waals surface area contributed by atoms with Crippen molar-refractivity contribution in [2.75, 3.05) is 5.32 Å². The monoisotopic (exact) mass is 319 g/mol. The highest BCUT2D eigenvalue weighted by Crippen LogP contribution is 2.30. The fourth-order valence-corrected chi connectivity index (χ4v) is 3.59. The van der Waals surface area contributed by atoms with E-state index in [1.807, 2.05) is 18.2 Å². The molecule has 0 atom stereocenters. The summed E-state index contributed by atoms with van der Waals surface area (Å²) in [7, 11) is 0. The predicted molar refractivity (Wildman–Crippen MR) is 96.9 cm³/mol. The van der Waals surface area contributed by atoms with Gasteiger partial charge in [-0.2, -0.15) is 5.10 Å². The maximum atomic E-state index is 12.3. The second-order valence-electron chi connectivity index (χ2n) is 6.62. The topological polar surface area (TPSA) is 57.8 Å². The maximum Gasteiger partial charge on any atom is 0.228 e. The first-order chi connectivity index (χ1) is 11.7. The number of anilines is 1. The number of carbonyl (C=O) groups is 1. The predicted octanol–water partition coefficient (Wildman–Crippen LogP) is 4.67. The summed E-state index contributed by atoms with van der Waals surface area (Å²) < 4.78 is 0. The lowest BCUT2D eigenvalue weighted by Gasteiger charge is -2.09. The molecule has 4 nitrogen and oxygen atoms in total. The van der Waals surface area contributed by atoms with E-state index >= 15 is 0 Å². The molecule has 4 heteroatoms. The van der Waals surface area contributed by atoms with Gasteiger partial charge in [0.15, 0.2) is 5.82 Å². The molecular formula is C20H21N3O. The van der Waals surface area contributed by atoms with Gasteiger partial charge in [-0.15, -0.1) is 0 Å². The van der Waals surface area contributed by atoms with Crippen LogP contribution in [0.4, 0.5) is 5.82 Å². The molecule has 122 valence electrons. The number of nitrogens with one attached hydrogen (secondary N) is 2. The maximum absolute atomic E-state index is 12.3. The van der Waals surface area contributed by atoms with Crippen molar-refractivity contribution in [1.29, 1.82) is 0 Å². The van der Waals surface area contributed by atoms with Gasteiger partial charge in [0.05, 0.1) is 5.52 Å². The molecule has 2 aromatic carbocycles. The molecule has 1 heterocycles. The van der Waals surface area contributed by atoms with Gasteiger partial charge in [0.2, 0.25) is 5.91 Å². The van der Waals surface area contributed by atoms with Gasteiger partial charge in [-0.25, -0.2) is 0 Å². The van der Waals surface area contributed by atoms with Crippen molar-refractivity contribution in [3.8, 4) is 11.1 Å². The largest absolute Gasteiger partial charge is 0.308 e. The van der Waals surface area contributed by atoms with E-state index in [1.54, 1.807) is 0 Å². The fourth-order valence-electron chi connectivity index (χ4n) is 3.59. The van der Waals surface area contributed by atoms with Crippen molar-refractivity contribution in [2.45, 2.75) is 32.6 Å². The summed E-state index contributed by atoms with van der Waals surface area (Å²) in [6, 6.07) is 14.5. The lowest BCUT2D eigenvalue weighted by atomic mass is 10.00. The van der Waals surface area contributed by atoms with Crippen molar-refractivity contribution in [1.82, 2.24) is 10.2 Å². The van der Waals surface area contributed by atoms with E-state index < -0.39 is 0 Å². The average molecular weight is 319 g/mol. The fraction of sp³-hybridized carbons (Fsp3) is 0.300. The Hall–Kier alpha value is -2.62. The molecule has 1 aliphatic carbocycles. The Balaban J connectivity index is 1.63. The van der Waals surface area contributed by atoms with Crippen molar-refractivity contribution < 1.29 is 4.79 Å². The quantitative estimate of drug-likeness (QED) is 0.737. The number of amides is 1. The lowest BCUT2D eigenvalue weighted by molar-refractivity contribution is -0.119. The smallest absolute Gasteiger partial charge is 0.228 e. The summed E-state index contributed by atoms with van der Waals surface area (Å²) in [6.45, 7) is 2.11. The zero-order chi connectivity index (χ0) is 16.5. The Bertz CT molecular complexity index is 891. The molecule has 4 rings (SSSR count). The number of carbonyl (C=O) groups excluding carboxylic acids is 1. The van der Waals surface area contributed by atoms with Crippen LogP contribution >= 0.6 is 0 Å². The van der Waals surface area contributed by atoms with Crippen LogP contribution in [0.15, 0.2) is 42.5 Å². The third-order valence-corrected chi connectivity index (χ3v) is 4.99. The van der Waals surface area contributed by atoms with Crippen LogP contribution in [0, 0.1) is 12.8 Å². The number of hydrogen-bond acceptors (Lipinski definition) is 2. The Kier molecular flexibility index (Phi) is 3.81. The highest BCUT2D eigenvalue weighted by atomic mass is 16.2. The minimum absolute atomic E-state index is 0.101. The number of benzene rings is 2. The van der Waals surface area contributed by atoms with Crippen LogP contribution in [0.3, 0.4) is 0 Å². The third-order valence-electron chi connectivity index (χ3n) is 4.99. The molecule has 0 spiro atoms. The highest BCUT2D eigenvalue weighted by molar-refractivity contribution is 6.01. The number of H-pyrrole nitrogens is 1. The highest BCUT2D eigenvalue weighted by Gasteiger charge is 2.23. The summed E-state index contributed by atoms with van der Waals surface area (Å²) in [5, 5.41) is 11.3. The van der Waals surface area contributed by atoms with Crippen molar-refractivity contribution in [3.63, 3.8) is 0 Å². The van der Waals surface area contributed by atoms with E-state index in [1.165, 1.54) is 11.1 Å². The van der Waals surface area contributed by atoms with Gasteiger partial charge in [0, 0.05) is 11.3 Å². The van der Waals surface area contributed by atoms with Crippen LogP contribution in [0.5, 0.6) is 0 Å². The Labute approximate surface area is 141 Å². The number of nitrogens with zero attached hydrogens (tertiary/aromatic N) is 1. The summed E-state index contributed by atoms with van der Waals surface area (Å²) in [6.07, 6.45) is 4.29. The summed E-state index contributed by atoms with van der Waals surface area (Å²) in [4.78, 5) is 12.3. The molecular weight excluding hydrogens is 298 g/mol. The average Bonchev–Trinajstić information content (AvgIpc) is 3.25. The molecule has 3 aromatic rings. The van der Waals surface area contributed by atoms with Crippen LogP contribution in [0.2, 0.25) is 0 Å². The zero-order valence-corrected chi connectivity index (χ0v) is 13.8. The first-order valence-electron chi connectivity index (χ1n) is 8.57. The SMILES string of the molecule is Cc1ccccc1-c1ccc2c(NC(=O)C3CCCC3)n[nH]c2c1. The van der Waals surface area contributed by atoms with E-state index in [4.69, 9.17) is 0 Å². The molecule has 0 bridgehead atoms. The van der Waals surface area contributed by atoms with Gasteiger partial charge in [-0.3, -0.25) is 9.89 Å². The summed E-state index contributed by atoms with van der Waals surface area (Å²) in [5.41, 5.74) is 4.55. The van der Waals surface area contributed by atoms with Crippen LogP contribution in [-0.2, 0) is 4.79 Å². The number of fused-ring (bicyclic) bond motifs is 1. The van der Waals surface area contributed by atoms with Crippen molar-refractivity contribution >= 4 is 22.6 Å². The number of hydrogen-bond donors (Lipinski definition) is 2. The minimum Gasteiger partial charge on any atom is -0.308 e. The van der Waals surface area contributed by atoms with Crippen molar-refractivity contribution in [2.24, 2.45) is 5.92 Å². The number of aryl methyl sites for hydroxylation is 1. The molecule has 0 radical (unpaired) electrons. The zero-order valence-electron chi connectivity index (χ0n) is 13.8. The van der Waals surface area contributed by atoms with E-state index in [2.05, 4.69) is 46.7 Å². The van der Waals surface area contributed by atoms with Gasteiger partial charge in [-0.05, 0) is 48.6 Å². The molecule has 1 amide bonds. The molecule has 1 fully saturated rings. The van der Waals surface area contributed by atoms with E-state index in [9.17, 15) is 4.79 Å². The number of rotatable bonds is 3. The van der Waals surface area contributed by atoms with Crippen LogP contribution < -0.4 is 5.32 Å². The first-order valence-corrected chi connectivity index (χ1v) is 8.57. The molecule has 1 saturated carbocycles. The first kappa shape index (κ1) is 14.9. The number of aromatic nitrogens is 2. The van der Waals surface area contributed by atoms with Gasteiger partial charge in [0.25, 0.3) is 0 Å². The second kappa shape index (κ2) is 6.11. The molecule has 0 aliphatic heterocycles. The standard InChI is InChI=1S/C20H21N3O/c1-13-6-2-5-9-16(13)15-10-11-17-18(12-15)22-23-19(17)21-20(24)14-7-3-4-8-14/h2,5-6,9-12,14H,3-4,7-8H2,1H3,(H2,21,22,23,24). The lowest BCUT2D eigenvalue weighted by Crippen LogP contribution is -2.20. The Morgan fingerprint density at radius 3 is 2.75 bits per heavy atom. The molecule has 0 saturated heterocycles. The van der Waals surface area contributed by atoms with Gasteiger partial charge < -0.3 is 5.32 Å². The number of aromatic amines is 1. The van der Waals surface area contributed by atoms with Gasteiger partial charge in [0.1, 0.15) is 0 Å². The van der Waals surface area contributed by atoms with E-state index in [0.717, 1.165) is 42.1 Å². The Morgan fingerprint density at radius 2 is 1.96 bits per heavy atom. The van der Waals surface area contributed by atoms with Crippen LogP contribution in [-0.4, -0.2) is 16.1 Å². The molecule has 24 heavy (non-hydrogen) atoms. The molecule has 1 aromatic heterocycles. The van der Waals surface area contributed by atoms with E-state index in [-0.39, 0.29) is 11.8 Å².